The van der Waals surface area contributed by atoms with Crippen LogP contribution < -0.4 is 0 Å². The lowest BCUT2D eigenvalue weighted by Crippen LogP contribution is -2.11. The zero-order chi connectivity index (χ0) is 14.4. The molecule has 0 radical (unpaired) electrons. The van der Waals surface area contributed by atoms with Crippen LogP contribution in [0.5, 0.6) is 0 Å². The van der Waals surface area contributed by atoms with E-state index in [2.05, 4.69) is 6.58 Å². The van der Waals surface area contributed by atoms with Gasteiger partial charge < -0.3 is 4.74 Å². The maximum atomic E-state index is 11.6. The monoisotopic (exact) mass is 263 g/mol. The van der Waals surface area contributed by atoms with Gasteiger partial charge in [-0.2, -0.15) is 0 Å². The molecular weight excluding hydrogens is 250 g/mol. The Morgan fingerprint density at radius 1 is 1.32 bits per heavy atom. The van der Waals surface area contributed by atoms with Gasteiger partial charge in [0.25, 0.3) is 5.69 Å². The molecule has 0 saturated carbocycles. The van der Waals surface area contributed by atoms with Gasteiger partial charge in [-0.15, -0.1) is 0 Å². The molecule has 0 amide bonds. The Balaban J connectivity index is 2.70. The highest BCUT2D eigenvalue weighted by Crippen LogP contribution is 2.14. The van der Waals surface area contributed by atoms with Crippen molar-refractivity contribution in [3.63, 3.8) is 0 Å². The molecule has 0 fully saturated rings. The number of benzene rings is 1. The summed E-state index contributed by atoms with van der Waals surface area (Å²) in [6.45, 7) is 5.21. The molecule has 0 N–H and O–H groups in total. The molecule has 0 atom stereocenters. The molecule has 0 aliphatic rings. The minimum absolute atomic E-state index is 0.121. The second-order valence-electron chi connectivity index (χ2n) is 3.79. The molecule has 1 aromatic rings. The molecule has 0 saturated heterocycles. The first-order chi connectivity index (χ1) is 8.95. The van der Waals surface area contributed by atoms with Crippen molar-refractivity contribution >= 4 is 17.4 Å². The zero-order valence-electron chi connectivity index (χ0n) is 10.4. The normalized spacial score (nSPS) is 9.74. The first-order valence-electron chi connectivity index (χ1n) is 5.64. The molecule has 6 nitrogen and oxygen atoms in total. The van der Waals surface area contributed by atoms with E-state index in [-0.39, 0.29) is 29.2 Å². The van der Waals surface area contributed by atoms with Gasteiger partial charge in [-0.05, 0) is 18.6 Å². The molecule has 19 heavy (non-hydrogen) atoms. The van der Waals surface area contributed by atoms with Crippen LogP contribution in [0.15, 0.2) is 36.6 Å². The van der Waals surface area contributed by atoms with Gasteiger partial charge >= 0.3 is 5.97 Å². The highest BCUT2D eigenvalue weighted by atomic mass is 16.6. The molecule has 0 bridgehead atoms. The van der Waals surface area contributed by atoms with Crippen LogP contribution in [-0.2, 0) is 9.53 Å². The van der Waals surface area contributed by atoms with Crippen LogP contribution in [0.4, 0.5) is 5.69 Å². The van der Waals surface area contributed by atoms with Crippen molar-refractivity contribution in [2.75, 3.05) is 0 Å². The third kappa shape index (κ3) is 4.02. The maximum absolute atomic E-state index is 11.6. The summed E-state index contributed by atoms with van der Waals surface area (Å²) in [6, 6.07) is 4.90. The van der Waals surface area contributed by atoms with E-state index < -0.39 is 10.9 Å². The van der Waals surface area contributed by atoms with Crippen LogP contribution in [0.1, 0.15) is 30.1 Å². The molecule has 1 aromatic carbocycles. The number of nitro groups is 1. The highest BCUT2D eigenvalue weighted by molar-refractivity contribution is 5.98. The second-order valence-corrected chi connectivity index (χ2v) is 3.79. The van der Waals surface area contributed by atoms with Gasteiger partial charge in [-0.3, -0.25) is 14.9 Å². The van der Waals surface area contributed by atoms with Crippen LogP contribution in [0.25, 0.3) is 0 Å². The Morgan fingerprint density at radius 2 is 1.89 bits per heavy atom. The largest absolute Gasteiger partial charge is 0.420 e. The van der Waals surface area contributed by atoms with Crippen LogP contribution >= 0.6 is 0 Å². The minimum atomic E-state index is -0.760. The smallest absolute Gasteiger partial charge is 0.343 e. The number of esters is 1. The SMILES string of the molecule is C=C(OC(=O)c1ccc([N+](=O)[O-])cc1)C(=O)CCC. The van der Waals surface area contributed by atoms with Crippen LogP contribution in [0, 0.1) is 10.1 Å². The fourth-order valence-electron chi connectivity index (χ4n) is 1.31. The number of nitro benzene ring substituents is 1. The van der Waals surface area contributed by atoms with Crippen molar-refractivity contribution < 1.29 is 19.2 Å². The van der Waals surface area contributed by atoms with E-state index in [0.717, 1.165) is 0 Å². The average Bonchev–Trinajstić information content (AvgIpc) is 2.38. The number of non-ortho nitro benzene ring substituents is 1. The van der Waals surface area contributed by atoms with Crippen LogP contribution in [0.3, 0.4) is 0 Å². The second kappa shape index (κ2) is 6.44. The zero-order valence-corrected chi connectivity index (χ0v) is 10.4. The van der Waals surface area contributed by atoms with E-state index in [4.69, 9.17) is 4.74 Å². The number of Topliss-reactive ketones (excluding diaryl/α,β-unsaturated/α-hetero) is 1. The quantitative estimate of drug-likeness (QED) is 0.259. The number of carbonyl (C=O) groups is 2. The van der Waals surface area contributed by atoms with E-state index in [1.165, 1.54) is 24.3 Å². The summed E-state index contributed by atoms with van der Waals surface area (Å²) in [7, 11) is 0. The van der Waals surface area contributed by atoms with Gasteiger partial charge in [0.2, 0.25) is 0 Å². The van der Waals surface area contributed by atoms with Crippen molar-refractivity contribution in [1.82, 2.24) is 0 Å². The minimum Gasteiger partial charge on any atom is -0.420 e. The number of carbonyl (C=O) groups excluding carboxylic acids is 2. The molecule has 0 spiro atoms. The number of hydrogen-bond donors (Lipinski definition) is 0. The lowest BCUT2D eigenvalue weighted by Gasteiger charge is -2.05. The summed E-state index contributed by atoms with van der Waals surface area (Å²) in [5.41, 5.74) is -0.00603. The van der Waals surface area contributed by atoms with Gasteiger partial charge in [0.05, 0.1) is 10.5 Å². The van der Waals surface area contributed by atoms with E-state index in [9.17, 15) is 19.7 Å². The van der Waals surface area contributed by atoms with Crippen molar-refractivity contribution in [2.45, 2.75) is 19.8 Å². The molecule has 1 rings (SSSR count). The van der Waals surface area contributed by atoms with Crippen molar-refractivity contribution in [3.8, 4) is 0 Å². The molecule has 0 aliphatic heterocycles. The average molecular weight is 263 g/mol. The standard InChI is InChI=1S/C13H13NO5/c1-3-4-12(15)9(2)19-13(16)10-5-7-11(8-6-10)14(17)18/h5-8H,2-4H2,1H3. The van der Waals surface area contributed by atoms with Crippen LogP contribution in [-0.4, -0.2) is 16.7 Å². The third-order valence-electron chi connectivity index (χ3n) is 2.32. The number of nitrogens with zero attached hydrogens (tertiary/aromatic N) is 1. The lowest BCUT2D eigenvalue weighted by molar-refractivity contribution is -0.384. The van der Waals surface area contributed by atoms with Gasteiger partial charge in [-0.25, -0.2) is 4.79 Å². The molecule has 6 heteroatoms. The first kappa shape index (κ1) is 14.6. The predicted octanol–water partition coefficient (Wildman–Crippen LogP) is 2.63. The van der Waals surface area contributed by atoms with Crippen molar-refractivity contribution in [3.05, 3.63) is 52.3 Å². The predicted molar refractivity (Wildman–Crippen MR) is 67.6 cm³/mol. The van der Waals surface area contributed by atoms with Gasteiger partial charge in [0.1, 0.15) is 0 Å². The van der Waals surface area contributed by atoms with E-state index in [0.29, 0.717) is 6.42 Å². The molecule has 0 aliphatic carbocycles. The number of ketones is 1. The summed E-state index contributed by atoms with van der Waals surface area (Å²) in [4.78, 5) is 32.9. The molecule has 0 unspecified atom stereocenters. The van der Waals surface area contributed by atoms with Crippen molar-refractivity contribution in [2.24, 2.45) is 0 Å². The van der Waals surface area contributed by atoms with Crippen molar-refractivity contribution in [1.29, 1.82) is 0 Å². The Bertz CT molecular complexity index is 518. The van der Waals surface area contributed by atoms with E-state index in [1.807, 2.05) is 6.92 Å². The Morgan fingerprint density at radius 3 is 2.37 bits per heavy atom. The number of allylic oxidation sites excluding steroid dienone is 1. The first-order valence-corrected chi connectivity index (χ1v) is 5.64. The lowest BCUT2D eigenvalue weighted by atomic mass is 10.2. The van der Waals surface area contributed by atoms with Gasteiger partial charge in [-0.1, -0.05) is 13.5 Å². The Kier molecular flexibility index (Phi) is 4.93. The summed E-state index contributed by atoms with van der Waals surface area (Å²) in [6.07, 6.45) is 0.888. The van der Waals surface area contributed by atoms with E-state index in [1.54, 1.807) is 0 Å². The highest BCUT2D eigenvalue weighted by Gasteiger charge is 2.15. The molecule has 0 heterocycles. The third-order valence-corrected chi connectivity index (χ3v) is 2.32. The van der Waals surface area contributed by atoms with Gasteiger partial charge in [0, 0.05) is 18.6 Å². The summed E-state index contributed by atoms with van der Waals surface area (Å²) in [5.74, 6) is -1.31. The fourth-order valence-corrected chi connectivity index (χ4v) is 1.31. The molecular formula is C13H13NO5. The Labute approximate surface area is 109 Å². The fraction of sp³-hybridized carbons (Fsp3) is 0.231. The topological polar surface area (TPSA) is 86.5 Å². The maximum Gasteiger partial charge on any atom is 0.343 e. The Hall–Kier alpha value is -2.50. The number of hydrogen-bond acceptors (Lipinski definition) is 5. The number of rotatable bonds is 6. The van der Waals surface area contributed by atoms with Crippen LogP contribution in [0.2, 0.25) is 0 Å². The summed E-state index contributed by atoms with van der Waals surface area (Å²) >= 11 is 0. The van der Waals surface area contributed by atoms with Gasteiger partial charge in [0.15, 0.2) is 11.5 Å². The van der Waals surface area contributed by atoms with E-state index >= 15 is 0 Å². The molecule has 0 aromatic heterocycles. The summed E-state index contributed by atoms with van der Waals surface area (Å²) in [5, 5.41) is 10.5. The molecule has 100 valence electrons. The number of ether oxygens (including phenoxy) is 1. The summed E-state index contributed by atoms with van der Waals surface area (Å²) < 4.78 is 4.80.